The number of hydrogen-bond donors (Lipinski definition) is 2. The molecule has 1 fully saturated rings. The third kappa shape index (κ3) is 2.92. The number of rotatable bonds is 4. The number of hydrogen-bond acceptors (Lipinski definition) is 2. The Morgan fingerprint density at radius 1 is 1.47 bits per heavy atom. The molecule has 1 aromatic carbocycles. The molecule has 0 saturated carbocycles. The zero-order chi connectivity index (χ0) is 14.0. The van der Waals surface area contributed by atoms with Crippen LogP contribution in [0.25, 0.3) is 0 Å². The minimum absolute atomic E-state index is 0.000929. The Hall–Kier alpha value is -1.07. The minimum atomic E-state index is -0.200. The minimum Gasteiger partial charge on any atom is -0.329 e. The number of nitrogens with one attached hydrogen (secondary N) is 2. The summed E-state index contributed by atoms with van der Waals surface area (Å²) >= 11 is 3.55. The Bertz CT molecular complexity index is 476. The average molecular weight is 326 g/mol. The molecule has 1 heterocycles. The van der Waals surface area contributed by atoms with E-state index in [1.54, 1.807) is 0 Å². The normalized spacial score (nSPS) is 19.7. The molecule has 2 amide bonds. The molecule has 1 saturated heterocycles. The maximum Gasteiger partial charge on any atom is 0.318 e. The number of nitrogens with zero attached hydrogens (tertiary/aromatic N) is 1. The first kappa shape index (κ1) is 14.3. The van der Waals surface area contributed by atoms with E-state index in [9.17, 15) is 4.79 Å². The predicted molar refractivity (Wildman–Crippen MR) is 80.1 cm³/mol. The van der Waals surface area contributed by atoms with Gasteiger partial charge in [0.25, 0.3) is 0 Å². The average Bonchev–Trinajstić information content (AvgIpc) is 2.72. The standard InChI is InChI=1S/C14H20BrN3O/c1-14(2,9-16-3)18-8-12(17-13(18)19)10-6-4-5-7-11(10)15/h4-7,12,16H,8-9H2,1-3H3,(H,17,19). The lowest BCUT2D eigenvalue weighted by molar-refractivity contribution is 0.158. The number of amides is 2. The molecule has 2 N–H and O–H groups in total. The molecule has 2 rings (SSSR count). The van der Waals surface area contributed by atoms with Gasteiger partial charge in [0.05, 0.1) is 11.6 Å². The summed E-state index contributed by atoms with van der Waals surface area (Å²) in [4.78, 5) is 14.1. The molecule has 1 unspecified atom stereocenters. The molecule has 0 spiro atoms. The van der Waals surface area contributed by atoms with E-state index in [2.05, 4.69) is 40.4 Å². The molecule has 4 nitrogen and oxygen atoms in total. The van der Waals surface area contributed by atoms with E-state index >= 15 is 0 Å². The fourth-order valence-corrected chi connectivity index (χ4v) is 3.08. The van der Waals surface area contributed by atoms with Gasteiger partial charge in [0.15, 0.2) is 0 Å². The number of likely N-dealkylation sites (N-methyl/N-ethyl adjacent to an activating group) is 1. The molecule has 5 heteroatoms. The van der Waals surface area contributed by atoms with Gasteiger partial charge in [0, 0.05) is 17.6 Å². The van der Waals surface area contributed by atoms with Gasteiger partial charge in [-0.3, -0.25) is 0 Å². The number of urea groups is 1. The van der Waals surface area contributed by atoms with Crippen LogP contribution in [0.4, 0.5) is 4.79 Å². The Kier molecular flexibility index (Phi) is 4.16. The second kappa shape index (κ2) is 5.51. The van der Waals surface area contributed by atoms with Crippen LogP contribution in [0.2, 0.25) is 0 Å². The zero-order valence-electron chi connectivity index (χ0n) is 11.5. The lowest BCUT2D eigenvalue weighted by atomic mass is 10.0. The highest BCUT2D eigenvalue weighted by Crippen LogP contribution is 2.30. The summed E-state index contributed by atoms with van der Waals surface area (Å²) in [5, 5.41) is 6.20. The van der Waals surface area contributed by atoms with Crippen LogP contribution < -0.4 is 10.6 Å². The lowest BCUT2D eigenvalue weighted by Crippen LogP contribution is -2.51. The first-order valence-corrected chi connectivity index (χ1v) is 7.22. The quantitative estimate of drug-likeness (QED) is 0.893. The number of carbonyl (C=O) groups is 1. The van der Waals surface area contributed by atoms with Gasteiger partial charge in [0.1, 0.15) is 0 Å². The summed E-state index contributed by atoms with van der Waals surface area (Å²) in [6, 6.07) is 8.06. The van der Waals surface area contributed by atoms with Gasteiger partial charge in [-0.15, -0.1) is 0 Å². The van der Waals surface area contributed by atoms with Crippen molar-refractivity contribution in [2.24, 2.45) is 0 Å². The largest absolute Gasteiger partial charge is 0.329 e. The van der Waals surface area contributed by atoms with Crippen molar-refractivity contribution in [1.82, 2.24) is 15.5 Å². The highest BCUT2D eigenvalue weighted by atomic mass is 79.9. The van der Waals surface area contributed by atoms with Crippen LogP contribution in [0.1, 0.15) is 25.5 Å². The van der Waals surface area contributed by atoms with Crippen molar-refractivity contribution in [1.29, 1.82) is 0 Å². The lowest BCUT2D eigenvalue weighted by Gasteiger charge is -2.34. The topological polar surface area (TPSA) is 44.4 Å². The predicted octanol–water partition coefficient (Wildman–Crippen LogP) is 2.51. The van der Waals surface area contributed by atoms with E-state index in [0.29, 0.717) is 6.54 Å². The SMILES string of the molecule is CNCC(C)(C)N1CC(c2ccccc2Br)NC1=O. The molecular weight excluding hydrogens is 306 g/mol. The van der Waals surface area contributed by atoms with Gasteiger partial charge in [-0.05, 0) is 32.5 Å². The van der Waals surface area contributed by atoms with Gasteiger partial charge in [0.2, 0.25) is 0 Å². The summed E-state index contributed by atoms with van der Waals surface area (Å²) in [5.41, 5.74) is 0.924. The van der Waals surface area contributed by atoms with Crippen molar-refractivity contribution in [2.45, 2.75) is 25.4 Å². The van der Waals surface area contributed by atoms with Crippen LogP contribution >= 0.6 is 15.9 Å². The van der Waals surface area contributed by atoms with Gasteiger partial charge in [-0.2, -0.15) is 0 Å². The second-order valence-corrected chi connectivity index (χ2v) is 6.33. The van der Waals surface area contributed by atoms with Gasteiger partial charge in [-0.1, -0.05) is 34.1 Å². The summed E-state index contributed by atoms with van der Waals surface area (Å²) < 4.78 is 1.04. The van der Waals surface area contributed by atoms with Crippen molar-refractivity contribution in [2.75, 3.05) is 20.1 Å². The van der Waals surface area contributed by atoms with Crippen LogP contribution in [0.5, 0.6) is 0 Å². The van der Waals surface area contributed by atoms with Crippen molar-refractivity contribution in [3.63, 3.8) is 0 Å². The Morgan fingerprint density at radius 2 is 2.16 bits per heavy atom. The van der Waals surface area contributed by atoms with E-state index in [0.717, 1.165) is 16.6 Å². The van der Waals surface area contributed by atoms with E-state index in [1.165, 1.54) is 0 Å². The summed E-state index contributed by atoms with van der Waals surface area (Å²) in [5.74, 6) is 0. The molecule has 0 radical (unpaired) electrons. The molecule has 1 aromatic rings. The summed E-state index contributed by atoms with van der Waals surface area (Å²) in [7, 11) is 1.90. The monoisotopic (exact) mass is 325 g/mol. The van der Waals surface area contributed by atoms with Crippen molar-refractivity contribution in [3.8, 4) is 0 Å². The van der Waals surface area contributed by atoms with Crippen LogP contribution in [0.15, 0.2) is 28.7 Å². The van der Waals surface area contributed by atoms with Crippen molar-refractivity contribution < 1.29 is 4.79 Å². The Balaban J connectivity index is 2.18. The van der Waals surface area contributed by atoms with E-state index in [-0.39, 0.29) is 17.6 Å². The highest BCUT2D eigenvalue weighted by Gasteiger charge is 2.39. The molecule has 104 valence electrons. The summed E-state index contributed by atoms with van der Waals surface area (Å²) in [6.07, 6.45) is 0. The maximum atomic E-state index is 12.2. The molecule has 0 aromatic heterocycles. The third-order valence-electron chi connectivity index (χ3n) is 3.53. The van der Waals surface area contributed by atoms with E-state index in [4.69, 9.17) is 0 Å². The van der Waals surface area contributed by atoms with Crippen LogP contribution in [0, 0.1) is 0 Å². The summed E-state index contributed by atoms with van der Waals surface area (Å²) in [6.45, 7) is 5.61. The smallest absolute Gasteiger partial charge is 0.318 e. The molecule has 1 aliphatic rings. The molecule has 1 atom stereocenters. The Morgan fingerprint density at radius 3 is 2.79 bits per heavy atom. The van der Waals surface area contributed by atoms with Crippen molar-refractivity contribution in [3.05, 3.63) is 34.3 Å². The van der Waals surface area contributed by atoms with Crippen LogP contribution in [-0.2, 0) is 0 Å². The van der Waals surface area contributed by atoms with E-state index in [1.807, 2.05) is 36.2 Å². The first-order chi connectivity index (χ1) is 8.95. The maximum absolute atomic E-state index is 12.2. The molecule has 0 bridgehead atoms. The number of benzene rings is 1. The fourth-order valence-electron chi connectivity index (χ4n) is 2.52. The van der Waals surface area contributed by atoms with E-state index < -0.39 is 0 Å². The molecular formula is C14H20BrN3O. The number of halogens is 1. The fraction of sp³-hybridized carbons (Fsp3) is 0.500. The second-order valence-electron chi connectivity index (χ2n) is 5.48. The van der Waals surface area contributed by atoms with Gasteiger partial charge in [-0.25, -0.2) is 4.79 Å². The zero-order valence-corrected chi connectivity index (χ0v) is 13.1. The van der Waals surface area contributed by atoms with Gasteiger partial charge < -0.3 is 15.5 Å². The molecule has 1 aliphatic heterocycles. The van der Waals surface area contributed by atoms with Crippen LogP contribution in [0.3, 0.4) is 0 Å². The van der Waals surface area contributed by atoms with Crippen LogP contribution in [-0.4, -0.2) is 36.6 Å². The first-order valence-electron chi connectivity index (χ1n) is 6.43. The third-order valence-corrected chi connectivity index (χ3v) is 4.25. The van der Waals surface area contributed by atoms with Gasteiger partial charge >= 0.3 is 6.03 Å². The van der Waals surface area contributed by atoms with Crippen molar-refractivity contribution >= 4 is 22.0 Å². The molecule has 19 heavy (non-hydrogen) atoms. The number of carbonyl (C=O) groups excluding carboxylic acids is 1. The highest BCUT2D eigenvalue weighted by molar-refractivity contribution is 9.10. The molecule has 0 aliphatic carbocycles. The Labute approximate surface area is 122 Å².